The van der Waals surface area contributed by atoms with E-state index in [4.69, 9.17) is 16.3 Å². The van der Waals surface area contributed by atoms with E-state index in [0.717, 1.165) is 62.1 Å². The molecule has 7 rings (SSSR count). The number of nitrogens with zero attached hydrogens (tertiary/aromatic N) is 9. The maximum absolute atomic E-state index is 15.6. The Hall–Kier alpha value is -8.09. The molecule has 0 radical (unpaired) electrons. The average Bonchev–Trinajstić information content (AvgIpc) is 0.792. The van der Waals surface area contributed by atoms with Crippen molar-refractivity contribution >= 4 is 82.5 Å². The van der Waals surface area contributed by atoms with Crippen LogP contribution >= 0.6 is 11.6 Å². The Labute approximate surface area is 621 Å². The first-order valence-corrected chi connectivity index (χ1v) is 37.1. The van der Waals surface area contributed by atoms with E-state index in [9.17, 15) is 55.1 Å². The van der Waals surface area contributed by atoms with E-state index in [1.54, 1.807) is 27.7 Å². The quantitative estimate of drug-likeness (QED) is 0.196. The Bertz CT molecular complexity index is 3540. The molecular weight excluding hydrogens is 1410 g/mol. The molecule has 4 saturated heterocycles. The zero-order valence-corrected chi connectivity index (χ0v) is 63.8. The zero-order chi connectivity index (χ0) is 78.8. The number of amides is 12. The predicted octanol–water partition coefficient (Wildman–Crippen LogP) is 5.95. The van der Waals surface area contributed by atoms with E-state index >= 15 is 28.8 Å². The molecular formula is C74H105ClF6N12O13. The summed E-state index contributed by atoms with van der Waals surface area (Å²) in [5.41, 5.74) is -3.42. The van der Waals surface area contributed by atoms with Crippen molar-refractivity contribution in [2.75, 3.05) is 87.7 Å². The minimum Gasteiger partial charge on any atom is -0.378 e. The highest BCUT2D eigenvalue weighted by molar-refractivity contribution is 6.31. The van der Waals surface area contributed by atoms with Gasteiger partial charge in [-0.3, -0.25) is 57.5 Å². The van der Waals surface area contributed by atoms with Crippen LogP contribution in [-0.2, 0) is 87.5 Å². The van der Waals surface area contributed by atoms with Crippen molar-refractivity contribution in [3.05, 3.63) is 69.7 Å². The molecule has 0 unspecified atom stereocenters. The Morgan fingerprint density at radius 2 is 1.25 bits per heavy atom. The summed E-state index contributed by atoms with van der Waals surface area (Å²) in [6, 6.07) is -5.53. The average molecular weight is 1520 g/mol. The van der Waals surface area contributed by atoms with E-state index in [2.05, 4.69) is 16.0 Å². The molecule has 4 aliphatic heterocycles. The third kappa shape index (κ3) is 19.8. The Morgan fingerprint density at radius 1 is 0.632 bits per heavy atom. The summed E-state index contributed by atoms with van der Waals surface area (Å²) in [5, 5.41) is 7.91. The van der Waals surface area contributed by atoms with Crippen LogP contribution in [0.1, 0.15) is 155 Å². The van der Waals surface area contributed by atoms with Gasteiger partial charge in [-0.25, -0.2) is 0 Å². The van der Waals surface area contributed by atoms with Crippen LogP contribution < -0.4 is 16.0 Å². The first-order chi connectivity index (χ1) is 49.7. The minimum absolute atomic E-state index is 0.00440. The topological polar surface area (TPSA) is 279 Å². The highest BCUT2D eigenvalue weighted by atomic mass is 35.5. The van der Waals surface area contributed by atoms with Gasteiger partial charge in [-0.05, 0) is 118 Å². The molecule has 588 valence electrons. The summed E-state index contributed by atoms with van der Waals surface area (Å²) in [6.07, 6.45) is -8.94. The number of halogens is 7. The lowest BCUT2D eigenvalue weighted by atomic mass is 9.90. The first-order valence-electron chi connectivity index (χ1n) is 36.8. The van der Waals surface area contributed by atoms with Gasteiger partial charge in [0.2, 0.25) is 70.9 Å². The van der Waals surface area contributed by atoms with Crippen LogP contribution in [0.3, 0.4) is 0 Å². The number of rotatable bonds is 13. The van der Waals surface area contributed by atoms with Gasteiger partial charge >= 0.3 is 12.4 Å². The van der Waals surface area contributed by atoms with Crippen molar-refractivity contribution in [3.63, 3.8) is 0 Å². The number of ether oxygens (including phenoxy) is 1. The maximum Gasteiger partial charge on any atom is 0.417 e. The number of hydrogen-bond donors (Lipinski definition) is 3. The smallest absolute Gasteiger partial charge is 0.378 e. The number of alkyl halides is 6. The Balaban J connectivity index is 1.33. The zero-order valence-electron chi connectivity index (χ0n) is 63.0. The van der Waals surface area contributed by atoms with Crippen molar-refractivity contribution < 1.29 is 88.6 Å². The molecule has 2 aromatic carbocycles. The van der Waals surface area contributed by atoms with E-state index < -0.39 is 191 Å². The number of hydrogen-bond acceptors (Lipinski definition) is 13. The largest absolute Gasteiger partial charge is 0.417 e. The van der Waals surface area contributed by atoms with Crippen molar-refractivity contribution in [2.45, 2.75) is 218 Å². The number of aryl methyl sites for hydroxylation is 1. The molecule has 3 N–H and O–H groups in total. The van der Waals surface area contributed by atoms with E-state index in [1.165, 1.54) is 73.6 Å². The molecule has 1 aliphatic carbocycles. The normalized spacial score (nSPS) is 26.3. The third-order valence-corrected chi connectivity index (χ3v) is 22.4. The summed E-state index contributed by atoms with van der Waals surface area (Å²) in [7, 11) is 6.77. The molecule has 0 aromatic heterocycles. The van der Waals surface area contributed by atoms with Crippen LogP contribution in [0.5, 0.6) is 0 Å². The molecule has 5 fully saturated rings. The van der Waals surface area contributed by atoms with Crippen LogP contribution in [0.15, 0.2) is 42.5 Å². The summed E-state index contributed by atoms with van der Waals surface area (Å²) >= 11 is 6.15. The fraction of sp³-hybridized carbons (Fsp3) is 0.676. The van der Waals surface area contributed by atoms with Crippen LogP contribution in [0.25, 0.3) is 0 Å². The molecule has 12 amide bonds. The number of benzene rings is 2. The summed E-state index contributed by atoms with van der Waals surface area (Å²) in [4.78, 5) is 192. The molecule has 106 heavy (non-hydrogen) atoms. The van der Waals surface area contributed by atoms with Gasteiger partial charge in [0.1, 0.15) is 59.9 Å². The van der Waals surface area contributed by atoms with Crippen LogP contribution in [0.2, 0.25) is 5.02 Å². The SMILES string of the molecule is CC[C@H](C)[C@@H]1NC(=O)[C@H](CC(C)C)N(C)C(=O)C[C@@H](C(=O)N2CCOCC2)N(C)C(=O)[C@H]([C@@H](C)CC)N(C)C(=O)C2(CCCC2)NC(=O)[C@@H]2CCCN2C(=O)[C@H](CCc2ccc(C(F)(F)F)c(Cl)c2)NC(=O)CN(CC)C(=O)[C@H](Cc2ccc(C(F)(F)F)cc2)N(C)C(=O)[C@@H]2CCN2C(=O)[C@H](C)N(C)C1=O. The molecule has 1 spiro atoms. The molecule has 5 aliphatic rings. The summed E-state index contributed by atoms with van der Waals surface area (Å²) < 4.78 is 89.0. The lowest BCUT2D eigenvalue weighted by Crippen LogP contribution is -2.65. The van der Waals surface area contributed by atoms with E-state index in [-0.39, 0.29) is 114 Å². The van der Waals surface area contributed by atoms with Crippen molar-refractivity contribution in [2.24, 2.45) is 17.8 Å². The van der Waals surface area contributed by atoms with E-state index in [1.807, 2.05) is 13.8 Å². The summed E-state index contributed by atoms with van der Waals surface area (Å²) in [6.45, 7) is 13.1. The van der Waals surface area contributed by atoms with Gasteiger partial charge in [0.05, 0.1) is 42.3 Å². The van der Waals surface area contributed by atoms with Gasteiger partial charge in [-0.1, -0.05) is 97.0 Å². The Morgan fingerprint density at radius 3 is 1.80 bits per heavy atom. The fourth-order valence-corrected chi connectivity index (χ4v) is 15.1. The third-order valence-electron chi connectivity index (χ3n) is 22.1. The molecule has 1 saturated carbocycles. The van der Waals surface area contributed by atoms with Gasteiger partial charge in [0, 0.05) is 74.4 Å². The number of morpholine rings is 1. The number of carbonyl (C=O) groups is 12. The van der Waals surface area contributed by atoms with Crippen molar-refractivity contribution in [1.29, 1.82) is 0 Å². The molecule has 0 bridgehead atoms. The number of fused-ring (bicyclic) bond motifs is 2. The highest BCUT2D eigenvalue weighted by Crippen LogP contribution is 2.38. The molecule has 4 heterocycles. The second-order valence-electron chi connectivity index (χ2n) is 29.5. The van der Waals surface area contributed by atoms with Crippen molar-refractivity contribution in [1.82, 2.24) is 60.0 Å². The van der Waals surface area contributed by atoms with Crippen LogP contribution in [-0.4, -0.2) is 263 Å². The first kappa shape index (κ1) is 85.2. The highest BCUT2D eigenvalue weighted by Gasteiger charge is 2.52. The van der Waals surface area contributed by atoms with Gasteiger partial charge < -0.3 is 64.8 Å². The van der Waals surface area contributed by atoms with Gasteiger partial charge in [0.15, 0.2) is 0 Å². The van der Waals surface area contributed by atoms with Crippen molar-refractivity contribution in [3.8, 4) is 0 Å². The van der Waals surface area contributed by atoms with Gasteiger partial charge in [0.25, 0.3) is 0 Å². The van der Waals surface area contributed by atoms with Crippen LogP contribution in [0.4, 0.5) is 26.3 Å². The van der Waals surface area contributed by atoms with Crippen LogP contribution in [0, 0.1) is 17.8 Å². The summed E-state index contributed by atoms with van der Waals surface area (Å²) in [5.74, 6) is -10.5. The monoisotopic (exact) mass is 1520 g/mol. The molecule has 25 nitrogen and oxygen atoms in total. The van der Waals surface area contributed by atoms with E-state index in [0.29, 0.717) is 25.7 Å². The molecule has 32 heteroatoms. The predicted molar refractivity (Wildman–Crippen MR) is 379 cm³/mol. The second-order valence-corrected chi connectivity index (χ2v) is 29.9. The Kier molecular flexibility index (Phi) is 29.1. The fourth-order valence-electron chi connectivity index (χ4n) is 14.8. The number of carbonyl (C=O) groups excluding carboxylic acids is 12. The minimum atomic E-state index is -4.82. The lowest BCUT2D eigenvalue weighted by molar-refractivity contribution is -0.160. The van der Waals surface area contributed by atoms with Gasteiger partial charge in [-0.15, -0.1) is 0 Å². The standard InChI is InChI=1S/C74H105ClF6N12O13/c1-14-44(6)60-69(103)85(9)46(8)64(98)93-33-29-54(93)66(100)87(11)56(40-48-21-25-49(26-22-48)73(76,77)78)67(101)90(16-3)42-58(94)82-52(28-24-47-23-27-50(51(75)39-47)74(79,80)81)65(99)92-32-19-20-53(92)63(97)84-72(30-17-18-31-72)71(105)89(13)61(45(7)15-2)70(104)88(12)57(68(102)91-34-36-106-37-35-91)41-59(95)86(10)55(38-43(4)5)62(96)83-60/h21-23,25-27,39,43-46,52-57,60-61H,14-20,24,28-38,40-42H2,1-13H3,(H,82,94)(H,83,96)(H,84,97)/t44-,45-,46-,52-,53-,54-,55-,56-,57-,60-,61-/m0/s1. The lowest BCUT2D eigenvalue weighted by Gasteiger charge is -2.45. The molecule has 2 aromatic rings. The maximum atomic E-state index is 15.6. The molecule has 11 atom stereocenters. The van der Waals surface area contributed by atoms with Gasteiger partial charge in [-0.2, -0.15) is 26.3 Å². The number of likely N-dealkylation sites (N-methyl/N-ethyl adjacent to an activating group) is 6. The second kappa shape index (κ2) is 36.2. The number of nitrogens with one attached hydrogen (secondary N) is 3.